The van der Waals surface area contributed by atoms with Crippen LogP contribution in [0.25, 0.3) is 10.8 Å². The van der Waals surface area contributed by atoms with E-state index in [0.717, 1.165) is 41.8 Å². The Morgan fingerprint density at radius 2 is 1.75 bits per heavy atom. The van der Waals surface area contributed by atoms with Gasteiger partial charge in [-0.1, -0.05) is 36.4 Å². The predicted molar refractivity (Wildman–Crippen MR) is 120 cm³/mol. The number of hydrogen-bond acceptors (Lipinski definition) is 6. The average Bonchev–Trinajstić information content (AvgIpc) is 3.11. The molecule has 4 rings (SSSR count). The number of ether oxygens (including phenoxy) is 2. The van der Waals surface area contributed by atoms with Crippen LogP contribution in [0.15, 0.2) is 59.0 Å². The lowest BCUT2D eigenvalue weighted by molar-refractivity contribution is -0.142. The van der Waals surface area contributed by atoms with E-state index >= 15 is 0 Å². The summed E-state index contributed by atoms with van der Waals surface area (Å²) in [6.45, 7) is 5.23. The van der Waals surface area contributed by atoms with E-state index in [1.807, 2.05) is 59.5 Å². The van der Waals surface area contributed by atoms with Gasteiger partial charge < -0.3 is 18.8 Å². The van der Waals surface area contributed by atoms with Crippen molar-refractivity contribution in [3.05, 3.63) is 66.1 Å². The summed E-state index contributed by atoms with van der Waals surface area (Å²) < 4.78 is 16.6. The van der Waals surface area contributed by atoms with Crippen LogP contribution < -0.4 is 4.74 Å². The monoisotopic (exact) mass is 436 g/mol. The fourth-order valence-corrected chi connectivity index (χ4v) is 3.91. The Labute approximate surface area is 187 Å². The van der Waals surface area contributed by atoms with Crippen LogP contribution in [0.2, 0.25) is 0 Å². The Balaban J connectivity index is 1.27. The molecule has 0 bridgehead atoms. The smallest absolute Gasteiger partial charge is 0.303 e. The lowest BCUT2D eigenvalue weighted by atomic mass is 10.1. The van der Waals surface area contributed by atoms with Crippen molar-refractivity contribution in [3.63, 3.8) is 0 Å². The first-order valence-corrected chi connectivity index (χ1v) is 10.9. The molecule has 168 valence electrons. The second-order valence-electron chi connectivity index (χ2n) is 7.92. The van der Waals surface area contributed by atoms with E-state index in [2.05, 4.69) is 4.90 Å². The second kappa shape index (κ2) is 10.3. The summed E-state index contributed by atoms with van der Waals surface area (Å²) in [7, 11) is 0. The topological polar surface area (TPSA) is 72.2 Å². The lowest BCUT2D eigenvalue weighted by Gasteiger charge is -2.21. The van der Waals surface area contributed by atoms with Crippen molar-refractivity contribution in [2.24, 2.45) is 0 Å². The number of carbonyl (C=O) groups is 2. The van der Waals surface area contributed by atoms with Crippen LogP contribution >= 0.6 is 0 Å². The average molecular weight is 437 g/mol. The maximum atomic E-state index is 12.8. The van der Waals surface area contributed by atoms with Crippen molar-refractivity contribution < 1.29 is 23.5 Å². The predicted octanol–water partition coefficient (Wildman–Crippen LogP) is 3.61. The van der Waals surface area contributed by atoms with Crippen molar-refractivity contribution in [2.45, 2.75) is 26.5 Å². The van der Waals surface area contributed by atoms with Crippen molar-refractivity contribution in [2.75, 3.05) is 32.8 Å². The number of amides is 1. The number of esters is 1. The molecule has 1 aromatic heterocycles. The number of nitrogens with zero attached hydrogens (tertiary/aromatic N) is 2. The first-order valence-electron chi connectivity index (χ1n) is 10.9. The van der Waals surface area contributed by atoms with Gasteiger partial charge in [0.05, 0.1) is 6.54 Å². The maximum Gasteiger partial charge on any atom is 0.303 e. The highest BCUT2D eigenvalue weighted by molar-refractivity contribution is 5.88. The van der Waals surface area contributed by atoms with Crippen LogP contribution in [0.4, 0.5) is 0 Å². The molecular formula is C25H28N2O5. The summed E-state index contributed by atoms with van der Waals surface area (Å²) >= 11 is 0. The van der Waals surface area contributed by atoms with E-state index in [1.165, 1.54) is 6.92 Å². The standard InChI is InChI=1S/C25H28N2O5/c1-19(28)30-17-22-11-10-21(32-22)16-26-12-5-13-27(15-14-26)25(29)18-31-24-9-4-7-20-6-2-3-8-23(20)24/h2-4,6-11H,5,12-18H2,1H3. The Morgan fingerprint density at radius 3 is 2.62 bits per heavy atom. The van der Waals surface area contributed by atoms with Gasteiger partial charge in [-0.25, -0.2) is 0 Å². The fraction of sp³-hybridized carbons (Fsp3) is 0.360. The first kappa shape index (κ1) is 21.9. The maximum absolute atomic E-state index is 12.8. The Morgan fingerprint density at radius 1 is 0.938 bits per heavy atom. The highest BCUT2D eigenvalue weighted by Crippen LogP contribution is 2.25. The number of fused-ring (bicyclic) bond motifs is 1. The molecule has 1 amide bonds. The van der Waals surface area contributed by atoms with Gasteiger partial charge in [0.1, 0.15) is 23.9 Å². The van der Waals surface area contributed by atoms with Crippen molar-refractivity contribution in [1.82, 2.24) is 9.80 Å². The van der Waals surface area contributed by atoms with Crippen molar-refractivity contribution in [1.29, 1.82) is 0 Å². The molecule has 2 heterocycles. The summed E-state index contributed by atoms with van der Waals surface area (Å²) in [6.07, 6.45) is 0.890. The molecule has 2 aromatic carbocycles. The molecule has 1 aliphatic rings. The van der Waals surface area contributed by atoms with Crippen LogP contribution in [0, 0.1) is 0 Å². The molecule has 1 aliphatic heterocycles. The zero-order chi connectivity index (χ0) is 22.3. The van der Waals surface area contributed by atoms with Crippen LogP contribution in [0.1, 0.15) is 24.9 Å². The Hall–Kier alpha value is -3.32. The van der Waals surface area contributed by atoms with Gasteiger partial charge in [-0.3, -0.25) is 14.5 Å². The van der Waals surface area contributed by atoms with Gasteiger partial charge in [-0.05, 0) is 30.0 Å². The summed E-state index contributed by atoms with van der Waals surface area (Å²) in [5, 5.41) is 2.10. The van der Waals surface area contributed by atoms with Gasteiger partial charge in [0, 0.05) is 38.5 Å². The highest BCUT2D eigenvalue weighted by Gasteiger charge is 2.20. The SMILES string of the molecule is CC(=O)OCc1ccc(CN2CCCN(C(=O)COc3cccc4ccccc34)CC2)o1. The molecule has 1 saturated heterocycles. The summed E-state index contributed by atoms with van der Waals surface area (Å²) in [5.41, 5.74) is 0. The quantitative estimate of drug-likeness (QED) is 0.527. The van der Waals surface area contributed by atoms with Gasteiger partial charge in [-0.15, -0.1) is 0 Å². The van der Waals surface area contributed by atoms with Gasteiger partial charge in [0.15, 0.2) is 6.61 Å². The second-order valence-corrected chi connectivity index (χ2v) is 7.92. The third-order valence-electron chi connectivity index (χ3n) is 5.56. The summed E-state index contributed by atoms with van der Waals surface area (Å²) in [6, 6.07) is 17.6. The van der Waals surface area contributed by atoms with Gasteiger partial charge in [0.2, 0.25) is 0 Å². The molecule has 1 fully saturated rings. The molecule has 0 atom stereocenters. The molecular weight excluding hydrogens is 408 g/mol. The largest absolute Gasteiger partial charge is 0.483 e. The third kappa shape index (κ3) is 5.68. The van der Waals surface area contributed by atoms with Gasteiger partial charge in [0.25, 0.3) is 5.91 Å². The fourth-order valence-electron chi connectivity index (χ4n) is 3.91. The Kier molecular flexibility index (Phi) is 7.07. The molecule has 3 aromatic rings. The zero-order valence-corrected chi connectivity index (χ0v) is 18.3. The number of hydrogen-bond donors (Lipinski definition) is 0. The molecule has 7 heteroatoms. The number of carbonyl (C=O) groups excluding carboxylic acids is 2. The molecule has 0 radical (unpaired) electrons. The molecule has 0 unspecified atom stereocenters. The van der Waals surface area contributed by atoms with Gasteiger partial charge in [-0.2, -0.15) is 0 Å². The molecule has 0 spiro atoms. The first-order chi connectivity index (χ1) is 15.6. The van der Waals surface area contributed by atoms with Crippen LogP contribution in [-0.2, 0) is 27.5 Å². The minimum absolute atomic E-state index is 0.00134. The van der Waals surface area contributed by atoms with Crippen LogP contribution in [0.3, 0.4) is 0 Å². The molecule has 0 N–H and O–H groups in total. The minimum atomic E-state index is -0.329. The van der Waals surface area contributed by atoms with Crippen molar-refractivity contribution in [3.8, 4) is 5.75 Å². The van der Waals surface area contributed by atoms with Gasteiger partial charge >= 0.3 is 5.97 Å². The molecule has 0 saturated carbocycles. The zero-order valence-electron chi connectivity index (χ0n) is 18.3. The minimum Gasteiger partial charge on any atom is -0.483 e. The third-order valence-corrected chi connectivity index (χ3v) is 5.56. The summed E-state index contributed by atoms with van der Waals surface area (Å²) in [5.74, 6) is 1.86. The highest BCUT2D eigenvalue weighted by atomic mass is 16.5. The number of rotatable bonds is 7. The van der Waals surface area contributed by atoms with Crippen LogP contribution in [0.5, 0.6) is 5.75 Å². The lowest BCUT2D eigenvalue weighted by Crippen LogP contribution is -2.38. The molecule has 32 heavy (non-hydrogen) atoms. The Bertz CT molecular complexity index is 1070. The normalized spacial score (nSPS) is 14.8. The van der Waals surface area contributed by atoms with E-state index in [0.29, 0.717) is 25.4 Å². The van der Waals surface area contributed by atoms with Crippen LogP contribution in [-0.4, -0.2) is 54.5 Å². The van der Waals surface area contributed by atoms with E-state index < -0.39 is 0 Å². The van der Waals surface area contributed by atoms with E-state index in [9.17, 15) is 9.59 Å². The molecule has 0 aliphatic carbocycles. The van der Waals surface area contributed by atoms with E-state index in [-0.39, 0.29) is 25.1 Å². The summed E-state index contributed by atoms with van der Waals surface area (Å²) in [4.78, 5) is 27.9. The number of benzene rings is 2. The van der Waals surface area contributed by atoms with Crippen molar-refractivity contribution >= 4 is 22.6 Å². The van der Waals surface area contributed by atoms with E-state index in [1.54, 1.807) is 0 Å². The number of furan rings is 1. The molecule has 7 nitrogen and oxygen atoms in total. The van der Waals surface area contributed by atoms with E-state index in [4.69, 9.17) is 13.9 Å².